The van der Waals surface area contributed by atoms with E-state index in [0.717, 1.165) is 0 Å². The van der Waals surface area contributed by atoms with Gasteiger partial charge < -0.3 is 9.84 Å². The molecule has 1 aromatic carbocycles. The van der Waals surface area contributed by atoms with Crippen LogP contribution in [0.15, 0.2) is 24.2 Å². The molecule has 1 aliphatic heterocycles. The summed E-state index contributed by atoms with van der Waals surface area (Å²) in [7, 11) is 0. The molecule has 1 aromatic rings. The smallest absolute Gasteiger partial charge is 0.115 e. The summed E-state index contributed by atoms with van der Waals surface area (Å²) < 4.78 is 35.0. The molecule has 0 bridgehead atoms. The Bertz CT molecular complexity index is 386. The van der Waals surface area contributed by atoms with Crippen LogP contribution in [0.1, 0.15) is 17.0 Å². The zero-order valence-electron chi connectivity index (χ0n) is 9.85. The van der Waals surface area contributed by atoms with Gasteiger partial charge in [-0.3, -0.25) is 0 Å². The summed E-state index contributed by atoms with van der Waals surface area (Å²) in [5.41, 5.74) is 0.319. The molecule has 0 radical (unpaired) electrons. The molecule has 11 heavy (non-hydrogen) atoms. The van der Waals surface area contributed by atoms with Crippen molar-refractivity contribution in [1.82, 2.24) is 0 Å². The van der Waals surface area contributed by atoms with Crippen LogP contribution in [-0.4, -0.2) is 18.3 Å². The Morgan fingerprint density at radius 3 is 3.00 bits per heavy atom. The first-order valence-corrected chi connectivity index (χ1v) is 3.41. The highest BCUT2D eigenvalue weighted by Gasteiger charge is 2.20. The number of aromatic hydroxyl groups is 1. The topological polar surface area (TPSA) is 29.5 Å². The van der Waals surface area contributed by atoms with Crippen molar-refractivity contribution in [2.45, 2.75) is 5.92 Å². The van der Waals surface area contributed by atoms with Crippen LogP contribution < -0.4 is 0 Å². The summed E-state index contributed by atoms with van der Waals surface area (Å²) >= 11 is 0. The second-order valence-electron chi connectivity index (χ2n) is 2.50. The Labute approximate surface area is 71.0 Å². The average Bonchev–Trinajstić information content (AvgIpc) is 2.15. The number of benzene rings is 1. The van der Waals surface area contributed by atoms with Crippen LogP contribution in [0.3, 0.4) is 0 Å². The standard InChI is InChI=1S/C9H10O2/c10-9-3-1-2-7(4-9)8-5-11-6-8/h1-4,8,10H,5-6H2/i1D,2D,3D,4D. The summed E-state index contributed by atoms with van der Waals surface area (Å²) in [5.74, 6) is -0.612. The molecule has 0 unspecified atom stereocenters. The van der Waals surface area contributed by atoms with E-state index in [2.05, 4.69) is 0 Å². The van der Waals surface area contributed by atoms with Crippen LogP contribution >= 0.6 is 0 Å². The first kappa shape index (κ1) is 3.59. The van der Waals surface area contributed by atoms with Gasteiger partial charge in [0.25, 0.3) is 0 Å². The van der Waals surface area contributed by atoms with Gasteiger partial charge in [0, 0.05) is 5.92 Å². The molecule has 1 fully saturated rings. The number of hydrogen-bond donors (Lipinski definition) is 1. The molecule has 2 nitrogen and oxygen atoms in total. The van der Waals surface area contributed by atoms with Gasteiger partial charge in [-0.1, -0.05) is 12.1 Å². The van der Waals surface area contributed by atoms with Gasteiger partial charge in [-0.15, -0.1) is 0 Å². The normalized spacial score (nSPS) is 22.9. The molecule has 0 atom stereocenters. The Kier molecular flexibility index (Phi) is 0.831. The number of rotatable bonds is 1. The monoisotopic (exact) mass is 154 g/mol. The third-order valence-electron chi connectivity index (χ3n) is 1.68. The van der Waals surface area contributed by atoms with Crippen LogP contribution in [0.4, 0.5) is 0 Å². The fraction of sp³-hybridized carbons (Fsp3) is 0.333. The minimum absolute atomic E-state index is 0.0967. The van der Waals surface area contributed by atoms with Crippen LogP contribution in [-0.2, 0) is 4.74 Å². The Hall–Kier alpha value is -1.02. The van der Waals surface area contributed by atoms with Gasteiger partial charge in [0.15, 0.2) is 0 Å². The Morgan fingerprint density at radius 2 is 2.36 bits per heavy atom. The molecule has 0 spiro atoms. The first-order valence-electron chi connectivity index (χ1n) is 5.41. The van der Waals surface area contributed by atoms with E-state index in [-0.39, 0.29) is 24.0 Å². The van der Waals surface area contributed by atoms with Gasteiger partial charge in [-0.05, 0) is 17.6 Å². The molecule has 58 valence electrons. The van der Waals surface area contributed by atoms with Crippen molar-refractivity contribution in [2.75, 3.05) is 13.2 Å². The quantitative estimate of drug-likeness (QED) is 0.664. The maximum atomic E-state index is 9.44. The Balaban J connectivity index is 2.62. The fourth-order valence-electron chi connectivity index (χ4n) is 0.954. The number of hydrogen-bond acceptors (Lipinski definition) is 2. The summed E-state index contributed by atoms with van der Waals surface area (Å²) in [6.45, 7) is 0.821. The van der Waals surface area contributed by atoms with Gasteiger partial charge >= 0.3 is 0 Å². The lowest BCUT2D eigenvalue weighted by Crippen LogP contribution is -2.24. The summed E-state index contributed by atoms with van der Waals surface area (Å²) in [6.07, 6.45) is 0. The average molecular weight is 154 g/mol. The fourth-order valence-corrected chi connectivity index (χ4v) is 0.954. The molecule has 1 aliphatic rings. The zero-order chi connectivity index (χ0) is 11.2. The van der Waals surface area contributed by atoms with Crippen LogP contribution in [0, 0.1) is 0 Å². The highest BCUT2D eigenvalue weighted by atomic mass is 16.5. The summed E-state index contributed by atoms with van der Waals surface area (Å²) in [5, 5.41) is 9.44. The van der Waals surface area contributed by atoms with Gasteiger partial charge in [0.05, 0.1) is 18.7 Å². The third-order valence-corrected chi connectivity index (χ3v) is 1.68. The van der Waals surface area contributed by atoms with E-state index < -0.39 is 11.8 Å². The molecule has 2 rings (SSSR count). The third kappa shape index (κ3) is 1.21. The lowest BCUT2D eigenvalue weighted by atomic mass is 9.98. The van der Waals surface area contributed by atoms with E-state index in [1.54, 1.807) is 0 Å². The van der Waals surface area contributed by atoms with Crippen LogP contribution in [0.2, 0.25) is 0 Å². The largest absolute Gasteiger partial charge is 0.508 e. The number of ether oxygens (including phenoxy) is 1. The van der Waals surface area contributed by atoms with Crippen LogP contribution in [0.25, 0.3) is 0 Å². The van der Waals surface area contributed by atoms with E-state index in [1.165, 1.54) is 0 Å². The van der Waals surface area contributed by atoms with Crippen molar-refractivity contribution >= 4 is 0 Å². The zero-order valence-corrected chi connectivity index (χ0v) is 5.85. The van der Waals surface area contributed by atoms with Gasteiger partial charge in [0.1, 0.15) is 5.75 Å². The molecular formula is C9H10O2. The van der Waals surface area contributed by atoms with E-state index in [1.807, 2.05) is 0 Å². The highest BCUT2D eigenvalue weighted by molar-refractivity contribution is 5.30. The van der Waals surface area contributed by atoms with E-state index >= 15 is 0 Å². The molecule has 1 saturated heterocycles. The molecule has 1 N–H and O–H groups in total. The number of phenolic OH excluding ortho intramolecular Hbond substituents is 1. The van der Waals surface area contributed by atoms with Gasteiger partial charge in [0.2, 0.25) is 0 Å². The summed E-state index contributed by atoms with van der Waals surface area (Å²) in [4.78, 5) is 0. The molecule has 1 heterocycles. The molecule has 0 amide bonds. The second-order valence-corrected chi connectivity index (χ2v) is 2.50. The first-order chi connectivity index (χ1) is 7.04. The lowest BCUT2D eigenvalue weighted by molar-refractivity contribution is 0.00836. The van der Waals surface area contributed by atoms with Crippen molar-refractivity contribution in [3.05, 3.63) is 29.7 Å². The van der Waals surface area contributed by atoms with Crippen molar-refractivity contribution in [3.63, 3.8) is 0 Å². The molecule has 0 aromatic heterocycles. The molecule has 2 heteroatoms. The van der Waals surface area contributed by atoms with Crippen molar-refractivity contribution in [1.29, 1.82) is 0 Å². The molecule has 0 aliphatic carbocycles. The highest BCUT2D eigenvalue weighted by Crippen LogP contribution is 2.25. The maximum Gasteiger partial charge on any atom is 0.115 e. The second kappa shape index (κ2) is 2.55. The van der Waals surface area contributed by atoms with E-state index in [4.69, 9.17) is 10.2 Å². The van der Waals surface area contributed by atoms with Gasteiger partial charge in [-0.25, -0.2) is 0 Å². The minimum atomic E-state index is -0.516. The predicted octanol–water partition coefficient (Wildman–Crippen LogP) is 1.51. The van der Waals surface area contributed by atoms with Gasteiger partial charge in [-0.2, -0.15) is 0 Å². The number of phenols is 1. The molecule has 0 saturated carbocycles. The lowest BCUT2D eigenvalue weighted by Gasteiger charge is -2.26. The van der Waals surface area contributed by atoms with E-state index in [0.29, 0.717) is 18.8 Å². The Morgan fingerprint density at radius 1 is 1.55 bits per heavy atom. The van der Waals surface area contributed by atoms with E-state index in [9.17, 15) is 5.11 Å². The maximum absolute atomic E-state index is 9.44. The molecular weight excluding hydrogens is 140 g/mol. The van der Waals surface area contributed by atoms with Crippen molar-refractivity contribution in [2.24, 2.45) is 0 Å². The van der Waals surface area contributed by atoms with Crippen molar-refractivity contribution < 1.29 is 15.3 Å². The van der Waals surface area contributed by atoms with Crippen molar-refractivity contribution in [3.8, 4) is 5.75 Å². The summed E-state index contributed by atoms with van der Waals surface area (Å²) in [6, 6.07) is -1.13. The predicted molar refractivity (Wildman–Crippen MR) is 41.7 cm³/mol. The minimum Gasteiger partial charge on any atom is -0.508 e. The van der Waals surface area contributed by atoms with Crippen LogP contribution in [0.5, 0.6) is 5.75 Å². The SMILES string of the molecule is [2H]c1c([2H])c(O)c([2H])c(C2COC2)c1[2H].